The second-order valence-corrected chi connectivity index (χ2v) is 5.62. The van der Waals surface area contributed by atoms with Gasteiger partial charge in [-0.1, -0.05) is 12.1 Å². The number of rotatable bonds is 4. The van der Waals surface area contributed by atoms with Gasteiger partial charge in [-0.2, -0.15) is 0 Å². The fourth-order valence-corrected chi connectivity index (χ4v) is 2.81. The number of hydrogen-bond donors (Lipinski definition) is 1. The highest BCUT2D eigenvalue weighted by Crippen LogP contribution is 2.28. The summed E-state index contributed by atoms with van der Waals surface area (Å²) in [7, 11) is 1.67. The molecule has 0 atom stereocenters. The molecule has 0 aliphatic rings. The summed E-state index contributed by atoms with van der Waals surface area (Å²) in [6.07, 6.45) is 0. The van der Waals surface area contributed by atoms with Gasteiger partial charge in [0.2, 0.25) is 0 Å². The van der Waals surface area contributed by atoms with Crippen LogP contribution in [0.1, 0.15) is 5.56 Å². The molecule has 114 valence electrons. The van der Waals surface area contributed by atoms with Gasteiger partial charge in [-0.3, -0.25) is 0 Å². The van der Waals surface area contributed by atoms with Gasteiger partial charge >= 0.3 is 0 Å². The molecule has 1 aromatic heterocycles. The predicted molar refractivity (Wildman–Crippen MR) is 88.6 cm³/mol. The molecule has 0 unspecified atom stereocenters. The first-order valence-corrected chi connectivity index (χ1v) is 7.56. The Hall–Kier alpha value is -1.85. The van der Waals surface area contributed by atoms with Gasteiger partial charge in [-0.05, 0) is 48.9 Å². The second-order valence-electron chi connectivity index (χ2n) is 4.76. The number of hydrogen-bond acceptors (Lipinski definition) is 4. The highest BCUT2D eigenvalue weighted by atomic mass is 79.9. The summed E-state index contributed by atoms with van der Waals surface area (Å²) in [6.45, 7) is 2.08. The summed E-state index contributed by atoms with van der Waals surface area (Å²) < 4.78 is 5.17. The van der Waals surface area contributed by atoms with Gasteiger partial charge in [0.05, 0.1) is 12.8 Å². The predicted octanol–water partition coefficient (Wildman–Crippen LogP) is 1.87. The Labute approximate surface area is 144 Å². The fraction of sp³-hybridized carbons (Fsp3) is 0.118. The third-order valence-electron chi connectivity index (χ3n) is 3.16. The van der Waals surface area contributed by atoms with Crippen molar-refractivity contribution in [3.8, 4) is 17.0 Å². The third-order valence-corrected chi connectivity index (χ3v) is 3.92. The minimum absolute atomic E-state index is 0. The standard InChI is InChI=1S/C17H16N2OS.BrH/c1-12-4-3-5-14(10-12)18-17-19-16(11-21-17)13-6-8-15(20-2)9-7-13;/h3-11H,1-2H3,(H,18,19);1H/p-1. The zero-order chi connectivity index (χ0) is 14.7. The van der Waals surface area contributed by atoms with Crippen molar-refractivity contribution >= 4 is 22.2 Å². The molecule has 0 spiro atoms. The van der Waals surface area contributed by atoms with Gasteiger partial charge in [0.15, 0.2) is 5.13 Å². The third kappa shape index (κ3) is 3.87. The number of ether oxygens (including phenoxy) is 1. The molecule has 0 amide bonds. The first-order valence-electron chi connectivity index (χ1n) is 6.68. The Morgan fingerprint density at radius 3 is 2.55 bits per heavy atom. The number of thiazole rings is 1. The van der Waals surface area contributed by atoms with E-state index >= 15 is 0 Å². The quantitative estimate of drug-likeness (QED) is 0.755. The lowest BCUT2D eigenvalue weighted by atomic mass is 10.2. The molecule has 0 bridgehead atoms. The number of nitrogens with one attached hydrogen (secondary N) is 1. The van der Waals surface area contributed by atoms with E-state index in [1.807, 2.05) is 36.4 Å². The van der Waals surface area contributed by atoms with Crippen molar-refractivity contribution in [2.75, 3.05) is 12.4 Å². The van der Waals surface area contributed by atoms with Gasteiger partial charge in [0.1, 0.15) is 5.75 Å². The van der Waals surface area contributed by atoms with Crippen LogP contribution in [0.25, 0.3) is 11.3 Å². The molecule has 22 heavy (non-hydrogen) atoms. The molecule has 1 heterocycles. The maximum Gasteiger partial charge on any atom is 0.187 e. The maximum absolute atomic E-state index is 5.17. The molecule has 0 radical (unpaired) electrons. The minimum atomic E-state index is 0. The summed E-state index contributed by atoms with van der Waals surface area (Å²) in [5.41, 5.74) is 4.35. The monoisotopic (exact) mass is 375 g/mol. The number of anilines is 2. The van der Waals surface area contributed by atoms with E-state index < -0.39 is 0 Å². The topological polar surface area (TPSA) is 34.1 Å². The van der Waals surface area contributed by atoms with Crippen LogP contribution < -0.4 is 27.0 Å². The van der Waals surface area contributed by atoms with E-state index in [0.29, 0.717) is 0 Å². The number of aryl methyl sites for hydroxylation is 1. The van der Waals surface area contributed by atoms with E-state index in [-0.39, 0.29) is 17.0 Å². The molecule has 5 heteroatoms. The summed E-state index contributed by atoms with van der Waals surface area (Å²) in [4.78, 5) is 4.63. The van der Waals surface area contributed by atoms with E-state index in [4.69, 9.17) is 4.74 Å². The Balaban J connectivity index is 0.00000176. The van der Waals surface area contributed by atoms with E-state index in [1.165, 1.54) is 5.56 Å². The Morgan fingerprint density at radius 1 is 1.09 bits per heavy atom. The number of methoxy groups -OCH3 is 1. The largest absolute Gasteiger partial charge is 1.00 e. The number of aromatic nitrogens is 1. The lowest BCUT2D eigenvalue weighted by molar-refractivity contribution is -0.00000455. The van der Waals surface area contributed by atoms with Crippen molar-refractivity contribution in [3.05, 3.63) is 59.5 Å². The van der Waals surface area contributed by atoms with Gasteiger partial charge < -0.3 is 27.0 Å². The van der Waals surface area contributed by atoms with Crippen molar-refractivity contribution in [1.82, 2.24) is 4.98 Å². The van der Waals surface area contributed by atoms with E-state index in [1.54, 1.807) is 18.4 Å². The SMILES string of the molecule is COc1ccc(-c2csc(Nc3cccc(C)c3)n2)cc1.[Br-]. The molecule has 3 aromatic rings. The van der Waals surface area contributed by atoms with Crippen LogP contribution in [0.3, 0.4) is 0 Å². The Kier molecular flexibility index (Phi) is 5.57. The van der Waals surface area contributed by atoms with Crippen molar-refractivity contribution < 1.29 is 21.7 Å². The highest BCUT2D eigenvalue weighted by molar-refractivity contribution is 7.14. The van der Waals surface area contributed by atoms with Crippen LogP contribution in [0.4, 0.5) is 10.8 Å². The molecule has 0 saturated heterocycles. The van der Waals surface area contributed by atoms with Crippen molar-refractivity contribution in [3.63, 3.8) is 0 Å². The van der Waals surface area contributed by atoms with Crippen LogP contribution in [0, 0.1) is 6.92 Å². The van der Waals surface area contributed by atoms with Crippen LogP contribution in [-0.2, 0) is 0 Å². The van der Waals surface area contributed by atoms with Crippen LogP contribution in [0.5, 0.6) is 5.75 Å². The van der Waals surface area contributed by atoms with Crippen LogP contribution in [0.2, 0.25) is 0 Å². The van der Waals surface area contributed by atoms with Gasteiger partial charge in [-0.15, -0.1) is 11.3 Å². The molecule has 0 fully saturated rings. The van der Waals surface area contributed by atoms with Crippen molar-refractivity contribution in [2.45, 2.75) is 6.92 Å². The number of halogens is 1. The molecule has 3 nitrogen and oxygen atoms in total. The molecular weight excluding hydrogens is 360 g/mol. The minimum Gasteiger partial charge on any atom is -1.00 e. The summed E-state index contributed by atoms with van der Waals surface area (Å²) in [5.74, 6) is 0.854. The lowest BCUT2D eigenvalue weighted by Gasteiger charge is -2.03. The number of benzene rings is 2. The number of nitrogens with zero attached hydrogens (tertiary/aromatic N) is 1. The average molecular weight is 376 g/mol. The molecule has 2 aromatic carbocycles. The normalized spacial score (nSPS) is 9.91. The van der Waals surface area contributed by atoms with Crippen LogP contribution in [0.15, 0.2) is 53.9 Å². The molecular formula is C17H16BrN2OS-. The van der Waals surface area contributed by atoms with Crippen LogP contribution >= 0.6 is 11.3 Å². The molecule has 0 saturated carbocycles. The highest BCUT2D eigenvalue weighted by Gasteiger charge is 2.05. The van der Waals surface area contributed by atoms with Crippen LogP contribution in [-0.4, -0.2) is 12.1 Å². The lowest BCUT2D eigenvalue weighted by Crippen LogP contribution is -3.00. The fourth-order valence-electron chi connectivity index (χ4n) is 2.07. The van der Waals surface area contributed by atoms with Gasteiger partial charge in [0, 0.05) is 16.6 Å². The molecule has 0 aliphatic carbocycles. The van der Waals surface area contributed by atoms with E-state index in [0.717, 1.165) is 27.8 Å². The smallest absolute Gasteiger partial charge is 0.187 e. The average Bonchev–Trinajstić information content (AvgIpc) is 2.96. The maximum atomic E-state index is 5.17. The summed E-state index contributed by atoms with van der Waals surface area (Å²) in [6, 6.07) is 16.2. The van der Waals surface area contributed by atoms with E-state index in [2.05, 4.69) is 34.7 Å². The zero-order valence-electron chi connectivity index (χ0n) is 12.3. The Bertz CT molecular complexity index is 740. The second kappa shape index (κ2) is 7.42. The first kappa shape index (κ1) is 16.5. The summed E-state index contributed by atoms with van der Waals surface area (Å²) in [5, 5.41) is 6.29. The van der Waals surface area contributed by atoms with Crippen molar-refractivity contribution in [2.24, 2.45) is 0 Å². The van der Waals surface area contributed by atoms with Gasteiger partial charge in [-0.25, -0.2) is 4.98 Å². The summed E-state index contributed by atoms with van der Waals surface area (Å²) >= 11 is 1.60. The molecule has 0 aliphatic heterocycles. The Morgan fingerprint density at radius 2 is 1.86 bits per heavy atom. The molecule has 1 N–H and O–H groups in total. The first-order chi connectivity index (χ1) is 10.2. The van der Waals surface area contributed by atoms with Crippen molar-refractivity contribution in [1.29, 1.82) is 0 Å². The van der Waals surface area contributed by atoms with E-state index in [9.17, 15) is 0 Å². The van der Waals surface area contributed by atoms with Gasteiger partial charge in [0.25, 0.3) is 0 Å². The zero-order valence-corrected chi connectivity index (χ0v) is 14.7. The molecule has 3 rings (SSSR count).